The van der Waals surface area contributed by atoms with E-state index in [-0.39, 0.29) is 18.3 Å². The topological polar surface area (TPSA) is 73.9 Å². The Morgan fingerprint density at radius 1 is 0.921 bits per heavy atom. The smallest absolute Gasteiger partial charge is 0.337 e. The van der Waals surface area contributed by atoms with Crippen LogP contribution in [0.3, 0.4) is 0 Å². The average molecular weight is 510 g/mol. The summed E-state index contributed by atoms with van der Waals surface area (Å²) in [5.74, 6) is 0.152. The van der Waals surface area contributed by atoms with Gasteiger partial charge in [-0.2, -0.15) is 0 Å². The van der Waals surface area contributed by atoms with E-state index in [2.05, 4.69) is 17.4 Å². The van der Waals surface area contributed by atoms with Crippen molar-refractivity contribution >= 4 is 11.8 Å². The molecule has 2 aliphatic rings. The lowest BCUT2D eigenvalue weighted by atomic mass is 9.71. The minimum atomic E-state index is -0.625. The average Bonchev–Trinajstić information content (AvgIpc) is 2.95. The second-order valence-electron chi connectivity index (χ2n) is 9.60. The van der Waals surface area contributed by atoms with Gasteiger partial charge in [-0.3, -0.25) is 4.79 Å². The van der Waals surface area contributed by atoms with E-state index in [0.717, 1.165) is 22.4 Å². The predicted molar refractivity (Wildman–Crippen MR) is 145 cm³/mol. The van der Waals surface area contributed by atoms with E-state index in [1.54, 1.807) is 20.3 Å². The highest BCUT2D eigenvalue weighted by atomic mass is 16.5. The first-order valence-corrected chi connectivity index (χ1v) is 12.7. The third-order valence-corrected chi connectivity index (χ3v) is 7.28. The van der Waals surface area contributed by atoms with Gasteiger partial charge < -0.3 is 19.5 Å². The minimum absolute atomic E-state index is 0.0105. The van der Waals surface area contributed by atoms with E-state index >= 15 is 0 Å². The Bertz CT molecular complexity index is 1410. The zero-order valence-corrected chi connectivity index (χ0v) is 21.8. The van der Waals surface area contributed by atoms with E-state index in [4.69, 9.17) is 14.2 Å². The van der Waals surface area contributed by atoms with Crippen LogP contribution in [0.2, 0.25) is 0 Å². The predicted octanol–water partition coefficient (Wildman–Crippen LogP) is 5.81. The van der Waals surface area contributed by atoms with Crippen molar-refractivity contribution in [2.24, 2.45) is 0 Å². The lowest BCUT2D eigenvalue weighted by molar-refractivity contribution is -0.140. The maximum Gasteiger partial charge on any atom is 0.337 e. The van der Waals surface area contributed by atoms with Crippen LogP contribution in [0.1, 0.15) is 48.3 Å². The first-order valence-electron chi connectivity index (χ1n) is 12.7. The normalized spacial score (nSPS) is 19.0. The van der Waals surface area contributed by atoms with Crippen LogP contribution in [-0.2, 0) is 20.9 Å². The van der Waals surface area contributed by atoms with Gasteiger partial charge in [0.25, 0.3) is 0 Å². The van der Waals surface area contributed by atoms with Gasteiger partial charge in [0.1, 0.15) is 18.1 Å². The summed E-state index contributed by atoms with van der Waals surface area (Å²) in [6.45, 7) is 2.00. The van der Waals surface area contributed by atoms with Crippen LogP contribution in [0, 0.1) is 0 Å². The summed E-state index contributed by atoms with van der Waals surface area (Å²) in [4.78, 5) is 27.5. The van der Waals surface area contributed by atoms with Gasteiger partial charge in [-0.1, -0.05) is 66.7 Å². The van der Waals surface area contributed by atoms with E-state index in [0.29, 0.717) is 41.2 Å². The Hall–Kier alpha value is -4.32. The number of nitrogens with one attached hydrogen (secondary N) is 1. The summed E-state index contributed by atoms with van der Waals surface area (Å²) >= 11 is 0. The molecule has 3 aromatic carbocycles. The largest absolute Gasteiger partial charge is 0.497 e. The van der Waals surface area contributed by atoms with Gasteiger partial charge in [0, 0.05) is 35.0 Å². The fraction of sp³-hybridized carbons (Fsp3) is 0.250. The number of hydrogen-bond acceptors (Lipinski definition) is 6. The maximum atomic E-state index is 13.8. The highest BCUT2D eigenvalue weighted by Crippen LogP contribution is 2.48. The number of benzene rings is 3. The molecule has 0 radical (unpaired) electrons. The number of ketones is 1. The lowest BCUT2D eigenvalue weighted by Gasteiger charge is -2.37. The number of hydrogen-bond donors (Lipinski definition) is 1. The van der Waals surface area contributed by atoms with E-state index in [1.807, 2.05) is 67.6 Å². The SMILES string of the molecule is COc1ccc([C@@H]2C(C(=O)OCc3ccccc3)=C(C)NC3=C2C(=O)C[C@@H](c2ccccc2)C3)c(OC)c1. The van der Waals surface area contributed by atoms with E-state index in [9.17, 15) is 9.59 Å². The number of esters is 1. The van der Waals surface area contributed by atoms with Crippen LogP contribution in [0.25, 0.3) is 0 Å². The Morgan fingerprint density at radius 3 is 2.32 bits per heavy atom. The third-order valence-electron chi connectivity index (χ3n) is 7.28. The highest BCUT2D eigenvalue weighted by molar-refractivity contribution is 6.04. The molecule has 3 aromatic rings. The van der Waals surface area contributed by atoms with Crippen LogP contribution < -0.4 is 14.8 Å². The molecule has 0 saturated heterocycles. The lowest BCUT2D eigenvalue weighted by Crippen LogP contribution is -2.36. The molecule has 38 heavy (non-hydrogen) atoms. The number of dihydropyridines is 1. The van der Waals surface area contributed by atoms with Crippen molar-refractivity contribution < 1.29 is 23.8 Å². The molecule has 0 bridgehead atoms. The van der Waals surface area contributed by atoms with E-state index < -0.39 is 11.9 Å². The molecule has 0 saturated carbocycles. The summed E-state index contributed by atoms with van der Waals surface area (Å²) in [7, 11) is 3.16. The number of allylic oxidation sites excluding steroid dienone is 3. The molecule has 0 amide bonds. The fourth-order valence-electron chi connectivity index (χ4n) is 5.44. The molecule has 1 aliphatic heterocycles. The summed E-state index contributed by atoms with van der Waals surface area (Å²) < 4.78 is 16.9. The van der Waals surface area contributed by atoms with Crippen molar-refractivity contribution in [2.45, 2.75) is 38.2 Å². The van der Waals surface area contributed by atoms with Gasteiger partial charge >= 0.3 is 5.97 Å². The number of carbonyl (C=O) groups is 2. The zero-order chi connectivity index (χ0) is 26.6. The molecule has 0 fully saturated rings. The third kappa shape index (κ3) is 4.94. The molecule has 1 heterocycles. The van der Waals surface area contributed by atoms with Gasteiger partial charge in [-0.15, -0.1) is 0 Å². The molecule has 1 N–H and O–H groups in total. The van der Waals surface area contributed by atoms with Gasteiger partial charge in [0.2, 0.25) is 0 Å². The Kier molecular flexibility index (Phi) is 7.31. The standard InChI is InChI=1S/C32H31NO5/c1-20-29(32(35)38-19-21-10-6-4-7-11-21)30(25-15-14-24(36-2)18-28(25)37-3)31-26(33-20)16-23(17-27(31)34)22-12-8-5-9-13-22/h4-15,18,23,30,33H,16-17,19H2,1-3H3/t23-,30+/m0/s1. The van der Waals surface area contributed by atoms with Crippen LogP contribution in [0.5, 0.6) is 11.5 Å². The van der Waals surface area contributed by atoms with Crippen molar-refractivity contribution in [3.05, 3.63) is 118 Å². The van der Waals surface area contributed by atoms with Crippen LogP contribution in [0.4, 0.5) is 0 Å². The van der Waals surface area contributed by atoms with E-state index in [1.165, 1.54) is 0 Å². The van der Waals surface area contributed by atoms with Gasteiger partial charge in [-0.05, 0) is 36.5 Å². The second kappa shape index (κ2) is 11.0. The van der Waals surface area contributed by atoms with Crippen LogP contribution >= 0.6 is 0 Å². The molecule has 0 aromatic heterocycles. The molecule has 5 rings (SSSR count). The molecular formula is C32H31NO5. The summed E-state index contributed by atoms with van der Waals surface area (Å²) in [5.41, 5.74) is 5.26. The number of Topliss-reactive ketones (excluding diaryl/α,β-unsaturated/α-hetero) is 1. The second-order valence-corrected chi connectivity index (χ2v) is 9.60. The monoisotopic (exact) mass is 509 g/mol. The molecule has 0 spiro atoms. The Labute approximate surface area is 222 Å². The van der Waals surface area contributed by atoms with Gasteiger partial charge in [0.15, 0.2) is 5.78 Å². The van der Waals surface area contributed by atoms with Gasteiger partial charge in [-0.25, -0.2) is 4.79 Å². The highest BCUT2D eigenvalue weighted by Gasteiger charge is 2.42. The molecular weight excluding hydrogens is 478 g/mol. The molecule has 194 valence electrons. The Balaban J connectivity index is 1.57. The molecule has 2 atom stereocenters. The van der Waals surface area contributed by atoms with Crippen molar-refractivity contribution in [2.75, 3.05) is 14.2 Å². The first-order chi connectivity index (χ1) is 18.5. The zero-order valence-electron chi connectivity index (χ0n) is 21.8. The molecule has 0 unspecified atom stereocenters. The minimum Gasteiger partial charge on any atom is -0.497 e. The van der Waals surface area contributed by atoms with Crippen molar-refractivity contribution in [3.8, 4) is 11.5 Å². The molecule has 1 aliphatic carbocycles. The summed E-state index contributed by atoms with van der Waals surface area (Å²) in [6.07, 6.45) is 1.04. The van der Waals surface area contributed by atoms with Crippen LogP contribution in [-0.4, -0.2) is 26.0 Å². The van der Waals surface area contributed by atoms with Crippen molar-refractivity contribution in [3.63, 3.8) is 0 Å². The number of carbonyl (C=O) groups excluding carboxylic acids is 2. The molecule has 6 heteroatoms. The summed E-state index contributed by atoms with van der Waals surface area (Å²) in [6, 6.07) is 25.1. The maximum absolute atomic E-state index is 13.8. The Morgan fingerprint density at radius 2 is 1.63 bits per heavy atom. The first kappa shape index (κ1) is 25.3. The van der Waals surface area contributed by atoms with Gasteiger partial charge in [0.05, 0.1) is 25.7 Å². The van der Waals surface area contributed by atoms with Crippen LogP contribution in [0.15, 0.2) is 101 Å². The van der Waals surface area contributed by atoms with Crippen molar-refractivity contribution in [1.29, 1.82) is 0 Å². The molecule has 6 nitrogen and oxygen atoms in total. The summed E-state index contributed by atoms with van der Waals surface area (Å²) in [5, 5.41) is 3.41. The number of rotatable bonds is 7. The number of methoxy groups -OCH3 is 2. The quantitative estimate of drug-likeness (QED) is 0.405. The fourth-order valence-corrected chi connectivity index (χ4v) is 5.44. The van der Waals surface area contributed by atoms with Crippen molar-refractivity contribution in [1.82, 2.24) is 5.32 Å². The number of ether oxygens (including phenoxy) is 3.